The van der Waals surface area contributed by atoms with Crippen molar-refractivity contribution in [3.8, 4) is 5.75 Å². The van der Waals surface area contributed by atoms with Gasteiger partial charge in [0.05, 0.1) is 6.10 Å². The van der Waals surface area contributed by atoms with Crippen molar-refractivity contribution in [3.63, 3.8) is 0 Å². The summed E-state index contributed by atoms with van der Waals surface area (Å²) in [4.78, 5) is 11.6. The van der Waals surface area contributed by atoms with E-state index in [4.69, 9.17) is 5.11 Å². The molecular formula is C13H19NO3. The standard InChI is InChI=1S/C13H19NO3/c1-9(2)7-12(16)8-14-13(17)10-3-5-11(15)6-4-10/h3-6,9,12,15-16H,7-8H2,1-2H3,(H,14,17). The summed E-state index contributed by atoms with van der Waals surface area (Å²) in [5.74, 6) is 0.282. The minimum absolute atomic E-state index is 0.126. The number of aromatic hydroxyl groups is 1. The molecule has 4 heteroatoms. The van der Waals surface area contributed by atoms with Crippen molar-refractivity contribution in [2.75, 3.05) is 6.54 Å². The number of phenolic OH excluding ortho intramolecular Hbond substituents is 1. The summed E-state index contributed by atoms with van der Waals surface area (Å²) >= 11 is 0. The van der Waals surface area contributed by atoms with Gasteiger partial charge in [-0.1, -0.05) is 13.8 Å². The van der Waals surface area contributed by atoms with Crippen molar-refractivity contribution >= 4 is 5.91 Å². The number of hydrogen-bond acceptors (Lipinski definition) is 3. The molecule has 1 aromatic rings. The van der Waals surface area contributed by atoms with E-state index in [0.29, 0.717) is 17.9 Å². The Bertz CT molecular complexity index is 359. The van der Waals surface area contributed by atoms with Gasteiger partial charge in [0.1, 0.15) is 5.75 Å². The van der Waals surface area contributed by atoms with Gasteiger partial charge in [0.25, 0.3) is 5.91 Å². The van der Waals surface area contributed by atoms with Crippen LogP contribution in [0.4, 0.5) is 0 Å². The molecule has 0 aromatic heterocycles. The Kier molecular flexibility index (Phi) is 4.97. The molecule has 0 spiro atoms. The van der Waals surface area contributed by atoms with Crippen molar-refractivity contribution < 1.29 is 15.0 Å². The molecule has 0 aliphatic heterocycles. The van der Waals surface area contributed by atoms with E-state index in [9.17, 15) is 9.90 Å². The monoisotopic (exact) mass is 237 g/mol. The highest BCUT2D eigenvalue weighted by atomic mass is 16.3. The predicted octanol–water partition coefficient (Wildman–Crippen LogP) is 1.53. The zero-order chi connectivity index (χ0) is 12.8. The van der Waals surface area contributed by atoms with Crippen LogP contribution in [-0.2, 0) is 0 Å². The number of benzene rings is 1. The van der Waals surface area contributed by atoms with E-state index >= 15 is 0 Å². The van der Waals surface area contributed by atoms with Crippen molar-refractivity contribution in [2.24, 2.45) is 5.92 Å². The summed E-state index contributed by atoms with van der Waals surface area (Å²) in [5.41, 5.74) is 0.472. The highest BCUT2D eigenvalue weighted by molar-refractivity contribution is 5.94. The summed E-state index contributed by atoms with van der Waals surface area (Å²) in [5, 5.41) is 21.3. The normalized spacial score (nSPS) is 12.5. The van der Waals surface area contributed by atoms with Crippen LogP contribution in [0.3, 0.4) is 0 Å². The number of rotatable bonds is 5. The average molecular weight is 237 g/mol. The summed E-state index contributed by atoms with van der Waals surface area (Å²) in [6, 6.07) is 6.00. The molecule has 1 rings (SSSR count). The Morgan fingerprint density at radius 1 is 1.29 bits per heavy atom. The van der Waals surface area contributed by atoms with Gasteiger partial charge in [0.15, 0.2) is 0 Å². The lowest BCUT2D eigenvalue weighted by molar-refractivity contribution is 0.0900. The van der Waals surface area contributed by atoms with E-state index in [2.05, 4.69) is 5.32 Å². The first-order valence-electron chi connectivity index (χ1n) is 5.74. The van der Waals surface area contributed by atoms with Gasteiger partial charge in [0.2, 0.25) is 0 Å². The Morgan fingerprint density at radius 2 is 1.88 bits per heavy atom. The van der Waals surface area contributed by atoms with E-state index in [1.165, 1.54) is 12.1 Å². The molecule has 0 bridgehead atoms. The van der Waals surface area contributed by atoms with Crippen LogP contribution < -0.4 is 5.32 Å². The molecular weight excluding hydrogens is 218 g/mol. The largest absolute Gasteiger partial charge is 0.508 e. The molecule has 1 unspecified atom stereocenters. The summed E-state index contributed by atoms with van der Waals surface area (Å²) < 4.78 is 0. The van der Waals surface area contributed by atoms with Crippen LogP contribution in [-0.4, -0.2) is 28.8 Å². The second kappa shape index (κ2) is 6.25. The lowest BCUT2D eigenvalue weighted by Crippen LogP contribution is -2.32. The minimum Gasteiger partial charge on any atom is -0.508 e. The Labute approximate surface area is 101 Å². The molecule has 3 N–H and O–H groups in total. The van der Waals surface area contributed by atoms with Gasteiger partial charge < -0.3 is 15.5 Å². The summed E-state index contributed by atoms with van der Waals surface area (Å²) in [6.07, 6.45) is 0.145. The summed E-state index contributed by atoms with van der Waals surface area (Å²) in [6.45, 7) is 4.29. The lowest BCUT2D eigenvalue weighted by atomic mass is 10.1. The SMILES string of the molecule is CC(C)CC(O)CNC(=O)c1ccc(O)cc1. The fourth-order valence-electron chi connectivity index (χ4n) is 1.55. The number of carbonyl (C=O) groups is 1. The second-order valence-corrected chi connectivity index (χ2v) is 4.54. The van der Waals surface area contributed by atoms with Gasteiger partial charge in [-0.25, -0.2) is 0 Å². The topological polar surface area (TPSA) is 69.6 Å². The van der Waals surface area contributed by atoms with Crippen LogP contribution in [0.5, 0.6) is 5.75 Å². The lowest BCUT2D eigenvalue weighted by Gasteiger charge is -2.13. The number of hydrogen-bond donors (Lipinski definition) is 3. The second-order valence-electron chi connectivity index (χ2n) is 4.54. The Balaban J connectivity index is 2.42. The fraction of sp³-hybridized carbons (Fsp3) is 0.462. The van der Waals surface area contributed by atoms with Gasteiger partial charge >= 0.3 is 0 Å². The molecule has 0 aliphatic carbocycles. The van der Waals surface area contributed by atoms with E-state index in [-0.39, 0.29) is 18.2 Å². The first kappa shape index (κ1) is 13.5. The zero-order valence-corrected chi connectivity index (χ0v) is 10.2. The quantitative estimate of drug-likeness (QED) is 0.727. The molecule has 1 atom stereocenters. The van der Waals surface area contributed by atoms with Crippen molar-refractivity contribution in [2.45, 2.75) is 26.4 Å². The zero-order valence-electron chi connectivity index (χ0n) is 10.2. The van der Waals surface area contributed by atoms with E-state index in [1.54, 1.807) is 12.1 Å². The van der Waals surface area contributed by atoms with Gasteiger partial charge in [-0.3, -0.25) is 4.79 Å². The molecule has 94 valence electrons. The van der Waals surface area contributed by atoms with Gasteiger partial charge in [-0.15, -0.1) is 0 Å². The number of phenols is 1. The number of amides is 1. The number of nitrogens with one attached hydrogen (secondary N) is 1. The molecule has 1 amide bonds. The third-order valence-electron chi connectivity index (χ3n) is 2.37. The molecule has 17 heavy (non-hydrogen) atoms. The smallest absolute Gasteiger partial charge is 0.251 e. The van der Waals surface area contributed by atoms with E-state index < -0.39 is 6.10 Å². The van der Waals surface area contributed by atoms with Crippen LogP contribution >= 0.6 is 0 Å². The number of carbonyl (C=O) groups excluding carboxylic acids is 1. The van der Waals surface area contributed by atoms with Crippen molar-refractivity contribution in [1.82, 2.24) is 5.32 Å². The van der Waals surface area contributed by atoms with E-state index in [1.807, 2.05) is 13.8 Å². The third-order valence-corrected chi connectivity index (χ3v) is 2.37. The van der Waals surface area contributed by atoms with E-state index in [0.717, 1.165) is 0 Å². The summed E-state index contributed by atoms with van der Waals surface area (Å²) in [7, 11) is 0. The van der Waals surface area contributed by atoms with Crippen molar-refractivity contribution in [3.05, 3.63) is 29.8 Å². The maximum Gasteiger partial charge on any atom is 0.251 e. The molecule has 0 radical (unpaired) electrons. The minimum atomic E-state index is -0.518. The third kappa shape index (κ3) is 4.87. The highest BCUT2D eigenvalue weighted by Gasteiger charge is 2.10. The maximum absolute atomic E-state index is 11.6. The number of aliphatic hydroxyl groups excluding tert-OH is 1. The molecule has 1 aromatic carbocycles. The van der Waals surface area contributed by atoms with Crippen LogP contribution in [0.25, 0.3) is 0 Å². The molecule has 0 aliphatic rings. The molecule has 0 fully saturated rings. The van der Waals surface area contributed by atoms with Crippen molar-refractivity contribution in [1.29, 1.82) is 0 Å². The number of aliphatic hydroxyl groups is 1. The van der Waals surface area contributed by atoms with Gasteiger partial charge in [0, 0.05) is 12.1 Å². The van der Waals surface area contributed by atoms with Gasteiger partial charge in [-0.2, -0.15) is 0 Å². The molecule has 0 saturated carbocycles. The average Bonchev–Trinajstić information content (AvgIpc) is 2.26. The fourth-order valence-corrected chi connectivity index (χ4v) is 1.55. The first-order valence-corrected chi connectivity index (χ1v) is 5.74. The maximum atomic E-state index is 11.6. The van der Waals surface area contributed by atoms with Crippen LogP contribution in [0.1, 0.15) is 30.6 Å². The Hall–Kier alpha value is -1.55. The first-order chi connectivity index (χ1) is 7.99. The van der Waals surface area contributed by atoms with Gasteiger partial charge in [-0.05, 0) is 36.6 Å². The Morgan fingerprint density at radius 3 is 2.41 bits per heavy atom. The van der Waals surface area contributed by atoms with Crippen LogP contribution in [0, 0.1) is 5.92 Å². The predicted molar refractivity (Wildman–Crippen MR) is 65.9 cm³/mol. The molecule has 0 saturated heterocycles. The highest BCUT2D eigenvalue weighted by Crippen LogP contribution is 2.09. The molecule has 0 heterocycles. The van der Waals surface area contributed by atoms with Crippen LogP contribution in [0.2, 0.25) is 0 Å². The molecule has 4 nitrogen and oxygen atoms in total. The van der Waals surface area contributed by atoms with Crippen LogP contribution in [0.15, 0.2) is 24.3 Å².